The van der Waals surface area contributed by atoms with E-state index in [2.05, 4.69) is 9.71 Å². The second-order valence-corrected chi connectivity index (χ2v) is 20.0. The second kappa shape index (κ2) is 16.8. The molecule has 0 bridgehead atoms. The number of nitrogens with zero attached hydrogens (tertiary/aromatic N) is 2. The first-order valence-electron chi connectivity index (χ1n) is 20.5. The Bertz CT molecular complexity index is 2140. The summed E-state index contributed by atoms with van der Waals surface area (Å²) in [7, 11) is -1.42. The molecule has 4 aliphatic rings. The number of amides is 2. The highest BCUT2D eigenvalue weighted by atomic mass is 32.2. The highest BCUT2D eigenvalue weighted by Crippen LogP contribution is 2.58. The second-order valence-electron chi connectivity index (χ2n) is 17.9. The van der Waals surface area contributed by atoms with Crippen molar-refractivity contribution in [3.8, 4) is 17.4 Å². The summed E-state index contributed by atoms with van der Waals surface area (Å²) >= 11 is 0. The Labute approximate surface area is 349 Å². The molecule has 13 nitrogen and oxygen atoms in total. The molecule has 2 aliphatic carbocycles. The molecule has 1 saturated heterocycles. The van der Waals surface area contributed by atoms with Crippen molar-refractivity contribution in [1.29, 1.82) is 0 Å². The Kier molecular flexibility index (Phi) is 12.6. The highest BCUT2D eigenvalue weighted by molar-refractivity contribution is 7.91. The number of esters is 1. The fourth-order valence-electron chi connectivity index (χ4n) is 8.56. The number of ether oxygens (including phenoxy) is 4. The molecule has 7 atom stereocenters. The molecule has 1 aromatic heterocycles. The highest BCUT2D eigenvalue weighted by Gasteiger charge is 2.63. The minimum absolute atomic E-state index is 0.0329. The topological polar surface area (TPSA) is 167 Å². The van der Waals surface area contributed by atoms with Gasteiger partial charge in [-0.25, -0.2) is 26.6 Å². The van der Waals surface area contributed by atoms with Crippen LogP contribution >= 0.6 is 0 Å². The molecule has 0 unspecified atom stereocenters. The fraction of sp³-hybridized carbons (Fsp3) is 0.651. The van der Waals surface area contributed by atoms with Gasteiger partial charge in [0.15, 0.2) is 22.9 Å². The lowest BCUT2D eigenvalue weighted by atomic mass is 9.82. The van der Waals surface area contributed by atoms with E-state index in [9.17, 15) is 40.8 Å². The summed E-state index contributed by atoms with van der Waals surface area (Å²) in [6, 6.07) is 4.00. The summed E-state index contributed by atoms with van der Waals surface area (Å²) in [6.45, 7) is 5.35. The van der Waals surface area contributed by atoms with Crippen molar-refractivity contribution in [2.75, 3.05) is 27.4 Å². The molecule has 0 radical (unpaired) electrons. The van der Waals surface area contributed by atoms with E-state index in [4.69, 9.17) is 18.9 Å². The number of halogens is 3. The zero-order valence-corrected chi connectivity index (χ0v) is 36.0. The average molecular weight is 864 g/mol. The minimum atomic E-state index is -4.40. The lowest BCUT2D eigenvalue weighted by molar-refractivity contribution is -0.197. The number of fused-ring (bicyclic) bond motifs is 3. The summed E-state index contributed by atoms with van der Waals surface area (Å²) in [4.78, 5) is 62.9. The van der Waals surface area contributed by atoms with Gasteiger partial charge in [0.25, 0.3) is 5.92 Å². The Morgan fingerprint density at radius 3 is 2.37 bits per heavy atom. The molecule has 330 valence electrons. The molecule has 2 aliphatic heterocycles. The molecule has 2 amide bonds. The number of sulfonamides is 1. The molecule has 1 aromatic carbocycles. The van der Waals surface area contributed by atoms with Crippen LogP contribution in [0.3, 0.4) is 0 Å². The molecule has 2 saturated carbocycles. The molecular weight excluding hydrogens is 808 g/mol. The van der Waals surface area contributed by atoms with Crippen LogP contribution in [0.1, 0.15) is 92.4 Å². The molecule has 3 heterocycles. The van der Waals surface area contributed by atoms with Crippen LogP contribution < -0.4 is 18.9 Å². The van der Waals surface area contributed by atoms with Crippen molar-refractivity contribution in [2.45, 2.75) is 121 Å². The molecule has 17 heteroatoms. The van der Waals surface area contributed by atoms with Gasteiger partial charge in [-0.3, -0.25) is 23.9 Å². The first kappa shape index (κ1) is 45.1. The van der Waals surface area contributed by atoms with Gasteiger partial charge in [-0.05, 0) is 93.7 Å². The SMILES string of the molecule is COc1cc2ccnc(O[C@@H]3C[C@H]4C(=O)C[C@]5(C(=O)NS(=O)(=O)C6(CF)CC6)C[C@H]5/C=C\CC[C@H](C)C[C@@H](C)[C@H](CC(=O)OC(C)(C)C(C)(F)F)C(=O)N4C3)c2cc1OC. The molecule has 1 N–H and O–H groups in total. The largest absolute Gasteiger partial charge is 0.493 e. The van der Waals surface area contributed by atoms with Crippen LogP contribution in [0.15, 0.2) is 36.5 Å². The third-order valence-corrected chi connectivity index (χ3v) is 15.2. The van der Waals surface area contributed by atoms with E-state index in [1.807, 2.05) is 19.1 Å². The van der Waals surface area contributed by atoms with Gasteiger partial charge < -0.3 is 23.8 Å². The van der Waals surface area contributed by atoms with Crippen molar-refractivity contribution in [3.63, 3.8) is 0 Å². The molecule has 60 heavy (non-hydrogen) atoms. The van der Waals surface area contributed by atoms with E-state index in [1.54, 1.807) is 25.1 Å². The van der Waals surface area contributed by atoms with Crippen molar-refractivity contribution >= 4 is 44.4 Å². The predicted molar refractivity (Wildman–Crippen MR) is 215 cm³/mol. The number of carbonyl (C=O) groups is 4. The van der Waals surface area contributed by atoms with Crippen LogP contribution in [-0.4, -0.2) is 97.7 Å². The summed E-state index contributed by atoms with van der Waals surface area (Å²) in [5.41, 5.74) is -3.65. The number of alkyl halides is 3. The van der Waals surface area contributed by atoms with E-state index in [-0.39, 0.29) is 44.0 Å². The van der Waals surface area contributed by atoms with E-state index in [1.165, 1.54) is 25.3 Å². The summed E-state index contributed by atoms with van der Waals surface area (Å²) in [6.07, 6.45) is 5.41. The first-order chi connectivity index (χ1) is 28.1. The third kappa shape index (κ3) is 8.96. The maximum absolute atomic E-state index is 14.9. The maximum atomic E-state index is 14.9. The average Bonchev–Trinajstić information content (AvgIpc) is 4.08. The van der Waals surface area contributed by atoms with Gasteiger partial charge in [0.2, 0.25) is 27.7 Å². The zero-order chi connectivity index (χ0) is 44.0. The summed E-state index contributed by atoms with van der Waals surface area (Å²) < 4.78 is 92.4. The normalized spacial score (nSPS) is 29.0. The molecular formula is C43H56F3N3O10S. The minimum Gasteiger partial charge on any atom is -0.493 e. The van der Waals surface area contributed by atoms with Crippen LogP contribution in [0, 0.1) is 29.1 Å². The monoisotopic (exact) mass is 863 g/mol. The van der Waals surface area contributed by atoms with Crippen LogP contribution in [-0.2, 0) is 33.9 Å². The van der Waals surface area contributed by atoms with Gasteiger partial charge in [-0.15, -0.1) is 0 Å². The predicted octanol–water partition coefficient (Wildman–Crippen LogP) is 6.51. The Morgan fingerprint density at radius 2 is 1.73 bits per heavy atom. The van der Waals surface area contributed by atoms with Crippen molar-refractivity contribution in [3.05, 3.63) is 36.5 Å². The number of carbonyl (C=O) groups excluding carboxylic acids is 4. The van der Waals surface area contributed by atoms with Crippen LogP contribution in [0.25, 0.3) is 10.8 Å². The number of ketones is 1. The first-order valence-corrected chi connectivity index (χ1v) is 22.0. The fourth-order valence-corrected chi connectivity index (χ4v) is 10.0. The summed E-state index contributed by atoms with van der Waals surface area (Å²) in [5, 5.41) is 1.26. The zero-order valence-electron chi connectivity index (χ0n) is 35.2. The molecule has 3 fully saturated rings. The Morgan fingerprint density at radius 1 is 1.05 bits per heavy atom. The van der Waals surface area contributed by atoms with Crippen molar-refractivity contribution < 1.29 is 59.7 Å². The molecule has 0 spiro atoms. The number of nitrogens with one attached hydrogen (secondary N) is 1. The number of hydrogen-bond acceptors (Lipinski definition) is 11. The number of hydrogen-bond donors (Lipinski definition) is 1. The van der Waals surface area contributed by atoms with Gasteiger partial charge in [-0.1, -0.05) is 26.0 Å². The van der Waals surface area contributed by atoms with Crippen molar-refractivity contribution in [1.82, 2.24) is 14.6 Å². The maximum Gasteiger partial charge on any atom is 0.307 e. The Hall–Kier alpha value is -4.41. The van der Waals surface area contributed by atoms with Gasteiger partial charge in [-0.2, -0.15) is 0 Å². The van der Waals surface area contributed by atoms with Gasteiger partial charge in [0.05, 0.1) is 44.6 Å². The van der Waals surface area contributed by atoms with Gasteiger partial charge in [0.1, 0.15) is 17.5 Å². The smallest absolute Gasteiger partial charge is 0.307 e. The van der Waals surface area contributed by atoms with E-state index in [0.717, 1.165) is 13.8 Å². The number of aromatic nitrogens is 1. The number of allylic oxidation sites excluding steroid dienone is 2. The van der Waals surface area contributed by atoms with Crippen molar-refractivity contribution in [2.24, 2.45) is 29.1 Å². The lowest BCUT2D eigenvalue weighted by Crippen LogP contribution is -2.49. The van der Waals surface area contributed by atoms with Gasteiger partial charge >= 0.3 is 5.97 Å². The Balaban J connectivity index is 1.37. The number of rotatable bonds is 12. The summed E-state index contributed by atoms with van der Waals surface area (Å²) in [5.74, 6) is -7.37. The quantitative estimate of drug-likeness (QED) is 0.183. The van der Waals surface area contributed by atoms with Crippen LogP contribution in [0.2, 0.25) is 0 Å². The number of benzene rings is 1. The van der Waals surface area contributed by atoms with E-state index >= 15 is 0 Å². The third-order valence-electron chi connectivity index (χ3n) is 13.1. The van der Waals surface area contributed by atoms with E-state index < -0.39 is 105 Å². The molecule has 6 rings (SSSR count). The number of Topliss-reactive ketones (excluding diaryl/α,β-unsaturated/α-hetero) is 1. The van der Waals surface area contributed by atoms with Crippen LogP contribution in [0.5, 0.6) is 17.4 Å². The van der Waals surface area contributed by atoms with Gasteiger partial charge in [0, 0.05) is 31.3 Å². The standard InChI is InChI=1S/C43H56F3N3O10S/c1-25-10-8-9-11-28-21-43(28,39(53)48-60(54,55)42(24-44)13-14-42)22-33(50)32-18-29(58-37-31-19-35(57-7)34(56-6)17-27(31)12-15-47-37)23-49(32)38(52)30(26(2)16-25)20-36(51)59-40(3,4)41(5,45)46/h9,11-12,15,17,19,25-26,28-30,32H,8,10,13-14,16,18,20-24H2,1-7H3,(H,48,53)/b11-9-/t25-,26+,28+,29+,30-,32-,43+/m0/s1. The number of methoxy groups -OCH3 is 2. The lowest BCUT2D eigenvalue weighted by Gasteiger charge is -2.34. The number of pyridine rings is 1. The molecule has 2 aromatic rings. The van der Waals surface area contributed by atoms with E-state index in [0.29, 0.717) is 48.5 Å². The van der Waals surface area contributed by atoms with Crippen LogP contribution in [0.4, 0.5) is 13.2 Å².